The minimum atomic E-state index is -3.70. The van der Waals surface area contributed by atoms with Gasteiger partial charge in [0.2, 0.25) is 10.0 Å². The Labute approximate surface area is 181 Å². The maximum atomic E-state index is 12.3. The van der Waals surface area contributed by atoms with E-state index in [2.05, 4.69) is 11.6 Å². The van der Waals surface area contributed by atoms with Gasteiger partial charge in [0.25, 0.3) is 0 Å². The first kappa shape index (κ1) is 22.7. The molecule has 2 aromatic carbocycles. The van der Waals surface area contributed by atoms with Crippen molar-refractivity contribution in [1.29, 1.82) is 0 Å². The molecule has 3 rings (SSSR count). The number of benzene rings is 2. The van der Waals surface area contributed by atoms with E-state index in [-0.39, 0.29) is 23.6 Å². The fourth-order valence-electron chi connectivity index (χ4n) is 3.12. The molecule has 1 aromatic heterocycles. The van der Waals surface area contributed by atoms with E-state index in [9.17, 15) is 18.0 Å². The number of nitrogens with one attached hydrogen (secondary N) is 1. The van der Waals surface area contributed by atoms with Crippen LogP contribution in [-0.4, -0.2) is 20.9 Å². The van der Waals surface area contributed by atoms with Crippen molar-refractivity contribution in [3.8, 4) is 5.75 Å². The Morgan fingerprint density at radius 1 is 1.10 bits per heavy atom. The Morgan fingerprint density at radius 2 is 1.84 bits per heavy atom. The van der Waals surface area contributed by atoms with Crippen LogP contribution >= 0.6 is 0 Å². The molecular formula is C23H25NO6S. The van der Waals surface area contributed by atoms with Gasteiger partial charge in [0, 0.05) is 24.1 Å². The van der Waals surface area contributed by atoms with Crippen molar-refractivity contribution in [2.24, 2.45) is 0 Å². The summed E-state index contributed by atoms with van der Waals surface area (Å²) in [7, 11) is -3.70. The highest BCUT2D eigenvalue weighted by Gasteiger charge is 2.15. The summed E-state index contributed by atoms with van der Waals surface area (Å²) in [6.45, 7) is 3.84. The topological polar surface area (TPSA) is 103 Å². The minimum Gasteiger partial charge on any atom is -0.426 e. The van der Waals surface area contributed by atoms with E-state index in [1.807, 2.05) is 6.92 Å². The number of hydrogen-bond donors (Lipinski definition) is 1. The highest BCUT2D eigenvalue weighted by atomic mass is 32.2. The first-order chi connectivity index (χ1) is 14.8. The van der Waals surface area contributed by atoms with E-state index in [0.29, 0.717) is 5.58 Å². The van der Waals surface area contributed by atoms with Gasteiger partial charge in [-0.15, -0.1) is 0 Å². The number of ether oxygens (including phenoxy) is 1. The Hall–Kier alpha value is -2.97. The molecule has 0 spiro atoms. The van der Waals surface area contributed by atoms with E-state index in [0.717, 1.165) is 35.8 Å². The van der Waals surface area contributed by atoms with Crippen LogP contribution < -0.4 is 15.1 Å². The van der Waals surface area contributed by atoms with Crippen molar-refractivity contribution in [2.45, 2.75) is 44.4 Å². The van der Waals surface area contributed by atoms with Crippen molar-refractivity contribution < 1.29 is 22.4 Å². The number of sulfonamides is 1. The molecule has 0 atom stereocenters. The summed E-state index contributed by atoms with van der Waals surface area (Å²) >= 11 is 0. The zero-order chi connectivity index (χ0) is 22.4. The third kappa shape index (κ3) is 6.02. The first-order valence-electron chi connectivity index (χ1n) is 10.1. The molecule has 1 N–H and O–H groups in total. The number of unbranched alkanes of at least 4 members (excludes halogenated alkanes) is 1. The van der Waals surface area contributed by atoms with Crippen LogP contribution in [0, 0.1) is 6.92 Å². The van der Waals surface area contributed by atoms with Crippen molar-refractivity contribution >= 4 is 27.0 Å². The molecule has 0 aliphatic rings. The number of carbonyl (C=O) groups excluding carboxylic acids is 1. The van der Waals surface area contributed by atoms with Gasteiger partial charge >= 0.3 is 11.6 Å². The zero-order valence-electron chi connectivity index (χ0n) is 17.5. The average Bonchev–Trinajstić information content (AvgIpc) is 2.71. The van der Waals surface area contributed by atoms with Crippen LogP contribution in [0.25, 0.3) is 11.0 Å². The van der Waals surface area contributed by atoms with Crippen LogP contribution in [0.15, 0.2) is 62.6 Å². The van der Waals surface area contributed by atoms with Crippen molar-refractivity contribution in [2.75, 3.05) is 6.54 Å². The van der Waals surface area contributed by atoms with Crippen LogP contribution in [0.5, 0.6) is 5.75 Å². The van der Waals surface area contributed by atoms with Crippen molar-refractivity contribution in [3.05, 3.63) is 70.1 Å². The molecule has 0 aliphatic heterocycles. The van der Waals surface area contributed by atoms with Crippen molar-refractivity contribution in [3.63, 3.8) is 0 Å². The predicted molar refractivity (Wildman–Crippen MR) is 118 cm³/mol. The predicted octanol–water partition coefficient (Wildman–Crippen LogP) is 3.72. The molecule has 0 unspecified atom stereocenters. The second-order valence-electron chi connectivity index (χ2n) is 7.29. The summed E-state index contributed by atoms with van der Waals surface area (Å²) in [5, 5.41) is 0.804. The van der Waals surface area contributed by atoms with E-state index in [1.165, 1.54) is 24.3 Å². The van der Waals surface area contributed by atoms with E-state index >= 15 is 0 Å². The molecule has 0 radical (unpaired) electrons. The van der Waals surface area contributed by atoms with Gasteiger partial charge < -0.3 is 9.15 Å². The third-order valence-corrected chi connectivity index (χ3v) is 6.26. The number of carbonyl (C=O) groups is 1. The van der Waals surface area contributed by atoms with Crippen LogP contribution in [0.1, 0.15) is 37.3 Å². The lowest BCUT2D eigenvalue weighted by Crippen LogP contribution is -2.27. The van der Waals surface area contributed by atoms with Gasteiger partial charge in [0.15, 0.2) is 0 Å². The second-order valence-corrected chi connectivity index (χ2v) is 9.05. The zero-order valence-corrected chi connectivity index (χ0v) is 18.3. The molecular weight excluding hydrogens is 418 g/mol. The lowest BCUT2D eigenvalue weighted by atomic mass is 10.0. The summed E-state index contributed by atoms with van der Waals surface area (Å²) < 4.78 is 37.4. The normalized spacial score (nSPS) is 11.5. The van der Waals surface area contributed by atoms with Crippen LogP contribution in [0.3, 0.4) is 0 Å². The lowest BCUT2D eigenvalue weighted by Gasteiger charge is -2.09. The third-order valence-electron chi connectivity index (χ3n) is 4.79. The molecule has 0 fully saturated rings. The quantitative estimate of drug-likeness (QED) is 0.307. The van der Waals surface area contributed by atoms with Gasteiger partial charge in [-0.2, -0.15) is 0 Å². The molecule has 31 heavy (non-hydrogen) atoms. The largest absolute Gasteiger partial charge is 0.426 e. The number of rotatable bonds is 9. The van der Waals surface area contributed by atoms with E-state index in [1.54, 1.807) is 24.3 Å². The van der Waals surface area contributed by atoms with Gasteiger partial charge in [-0.1, -0.05) is 31.0 Å². The molecule has 0 amide bonds. The number of fused-ring (bicyclic) bond motifs is 1. The van der Waals surface area contributed by atoms with Crippen molar-refractivity contribution in [1.82, 2.24) is 4.72 Å². The summed E-state index contributed by atoms with van der Waals surface area (Å²) in [6.07, 6.45) is 2.57. The Kier molecular flexibility index (Phi) is 7.25. The number of esters is 1. The molecule has 7 nitrogen and oxygen atoms in total. The molecule has 0 saturated heterocycles. The molecule has 3 aromatic rings. The fraction of sp³-hybridized carbons (Fsp3) is 0.304. The highest BCUT2D eigenvalue weighted by Crippen LogP contribution is 2.24. The van der Waals surface area contributed by atoms with Crippen LogP contribution in [-0.2, 0) is 21.2 Å². The van der Waals surface area contributed by atoms with Gasteiger partial charge in [0.1, 0.15) is 11.3 Å². The molecule has 0 saturated carbocycles. The SMILES string of the molecule is CCCCc1cc(=O)oc2cc(OC(=O)CCNS(=O)(=O)c3ccc(C)cc3)ccc12. The van der Waals surface area contributed by atoms with E-state index in [4.69, 9.17) is 9.15 Å². The van der Waals surface area contributed by atoms with Gasteiger partial charge in [0.05, 0.1) is 11.3 Å². The van der Waals surface area contributed by atoms with Gasteiger partial charge in [-0.05, 0) is 49.6 Å². The maximum absolute atomic E-state index is 12.3. The van der Waals surface area contributed by atoms with Gasteiger partial charge in [-0.25, -0.2) is 17.9 Å². The molecule has 0 aliphatic carbocycles. The smallest absolute Gasteiger partial charge is 0.336 e. The first-order valence-corrected chi connectivity index (χ1v) is 11.6. The summed E-state index contributed by atoms with van der Waals surface area (Å²) in [6, 6.07) is 12.8. The minimum absolute atomic E-state index is 0.0983. The molecule has 164 valence electrons. The molecule has 0 bridgehead atoms. The maximum Gasteiger partial charge on any atom is 0.336 e. The monoisotopic (exact) mass is 443 g/mol. The van der Waals surface area contributed by atoms with Crippen LogP contribution in [0.4, 0.5) is 0 Å². The number of hydrogen-bond acceptors (Lipinski definition) is 6. The average molecular weight is 444 g/mol. The Bertz CT molecular complexity index is 1230. The molecule has 1 heterocycles. The summed E-state index contributed by atoms with van der Waals surface area (Å²) in [5.74, 6) is -0.370. The van der Waals surface area contributed by atoms with E-state index < -0.39 is 21.6 Å². The fourth-order valence-corrected chi connectivity index (χ4v) is 4.15. The molecule has 8 heteroatoms. The van der Waals surface area contributed by atoms with Gasteiger partial charge in [-0.3, -0.25) is 4.79 Å². The highest BCUT2D eigenvalue weighted by molar-refractivity contribution is 7.89. The standard InChI is InChI=1S/C23H25NO6S/c1-3-4-5-17-14-23(26)30-21-15-18(8-11-20(17)21)29-22(25)12-13-24-31(27,28)19-9-6-16(2)7-10-19/h6-11,14-15,24H,3-5,12-13H2,1-2H3. The Morgan fingerprint density at radius 3 is 2.55 bits per heavy atom. The number of aryl methyl sites for hydroxylation is 2. The Balaban J connectivity index is 1.62. The second kappa shape index (κ2) is 9.89. The van der Waals surface area contributed by atoms with Crippen LogP contribution in [0.2, 0.25) is 0 Å². The summed E-state index contributed by atoms with van der Waals surface area (Å²) in [5.41, 5.74) is 1.75. The lowest BCUT2D eigenvalue weighted by molar-refractivity contribution is -0.134. The summed E-state index contributed by atoms with van der Waals surface area (Å²) in [4.78, 5) is 24.1.